The van der Waals surface area contributed by atoms with Crippen LogP contribution in [0.3, 0.4) is 0 Å². The van der Waals surface area contributed by atoms with E-state index >= 15 is 0 Å². The molecule has 4 heterocycles. The summed E-state index contributed by atoms with van der Waals surface area (Å²) in [5.41, 5.74) is 4.64. The smallest absolute Gasteiger partial charge is 0.254 e. The maximum Gasteiger partial charge on any atom is 0.254 e. The summed E-state index contributed by atoms with van der Waals surface area (Å²) in [4.78, 5) is 15.3. The Morgan fingerprint density at radius 1 is 1.21 bits per heavy atom. The molecule has 8 nitrogen and oxygen atoms in total. The lowest BCUT2D eigenvalue weighted by molar-refractivity contribution is 0.0737. The number of aromatic nitrogens is 3. The highest BCUT2D eigenvalue weighted by Crippen LogP contribution is 2.22. The molecular weight excluding hydrogens is 432 g/mol. The Hall–Kier alpha value is -3.65. The Morgan fingerprint density at radius 3 is 2.97 bits per heavy atom. The molecule has 176 valence electrons. The molecule has 0 bridgehead atoms. The highest BCUT2D eigenvalue weighted by molar-refractivity contribution is 5.94. The van der Waals surface area contributed by atoms with Crippen LogP contribution in [0.25, 0.3) is 5.52 Å². The van der Waals surface area contributed by atoms with Gasteiger partial charge in [0, 0.05) is 37.0 Å². The van der Waals surface area contributed by atoms with E-state index in [0.29, 0.717) is 44.2 Å². The van der Waals surface area contributed by atoms with E-state index in [9.17, 15) is 4.79 Å². The molecule has 0 radical (unpaired) electrons. The molecule has 0 saturated carbocycles. The Labute approximate surface area is 198 Å². The van der Waals surface area contributed by atoms with Gasteiger partial charge in [0.1, 0.15) is 18.1 Å². The van der Waals surface area contributed by atoms with Gasteiger partial charge in [-0.05, 0) is 56.2 Å². The van der Waals surface area contributed by atoms with E-state index in [1.54, 1.807) is 12.3 Å². The molecule has 1 aliphatic rings. The van der Waals surface area contributed by atoms with Crippen molar-refractivity contribution in [3.8, 4) is 5.75 Å². The first-order valence-corrected chi connectivity index (χ1v) is 11.5. The predicted octanol–water partition coefficient (Wildman–Crippen LogP) is 3.85. The van der Waals surface area contributed by atoms with Crippen LogP contribution in [0, 0.1) is 19.8 Å². The number of ether oxygens (including phenoxy) is 2. The molecule has 34 heavy (non-hydrogen) atoms. The number of amides is 1. The van der Waals surface area contributed by atoms with Crippen molar-refractivity contribution in [2.75, 3.05) is 26.3 Å². The summed E-state index contributed by atoms with van der Waals surface area (Å²) in [5, 5.41) is 8.29. The molecule has 1 aromatic carbocycles. The largest absolute Gasteiger partial charge is 0.489 e. The first kappa shape index (κ1) is 22.2. The van der Waals surface area contributed by atoms with Gasteiger partial charge in [0.2, 0.25) is 0 Å². The Balaban J connectivity index is 1.28. The zero-order valence-electron chi connectivity index (χ0n) is 19.4. The van der Waals surface area contributed by atoms with E-state index in [1.807, 2.05) is 59.8 Å². The summed E-state index contributed by atoms with van der Waals surface area (Å²) in [7, 11) is 0. The molecular formula is C26H28N4O4. The number of benzene rings is 1. The fourth-order valence-electron chi connectivity index (χ4n) is 4.45. The molecule has 1 saturated heterocycles. The summed E-state index contributed by atoms with van der Waals surface area (Å²) in [6, 6.07) is 13.5. The van der Waals surface area contributed by atoms with Crippen LogP contribution in [0.4, 0.5) is 0 Å². The third kappa shape index (κ3) is 4.68. The van der Waals surface area contributed by atoms with Gasteiger partial charge in [-0.3, -0.25) is 4.79 Å². The standard InChI is InChI=1S/C26H28N4O4/c1-18-24(19(2)34-28-18)17-33-23-7-3-5-22(14-23)26(31)29-11-12-32-16-20(15-29)13-21-6-4-10-30-25(21)8-9-27-30/h3-10,14,20H,11-13,15-17H2,1-2H3/t20-/m1/s1. The predicted molar refractivity (Wildman–Crippen MR) is 126 cm³/mol. The Kier molecular flexibility index (Phi) is 6.31. The minimum Gasteiger partial charge on any atom is -0.489 e. The quantitative estimate of drug-likeness (QED) is 0.435. The molecule has 5 rings (SSSR count). The van der Waals surface area contributed by atoms with E-state index in [2.05, 4.69) is 16.3 Å². The number of carbonyl (C=O) groups is 1. The van der Waals surface area contributed by atoms with Crippen molar-refractivity contribution >= 4 is 11.4 Å². The van der Waals surface area contributed by atoms with Crippen molar-refractivity contribution in [3.63, 3.8) is 0 Å². The van der Waals surface area contributed by atoms with Crippen molar-refractivity contribution in [3.05, 3.63) is 83.0 Å². The molecule has 0 N–H and O–H groups in total. The van der Waals surface area contributed by atoms with Gasteiger partial charge < -0.3 is 18.9 Å². The van der Waals surface area contributed by atoms with Crippen molar-refractivity contribution in [1.82, 2.24) is 19.7 Å². The van der Waals surface area contributed by atoms with Crippen LogP contribution < -0.4 is 4.74 Å². The summed E-state index contributed by atoms with van der Waals surface area (Å²) in [6.45, 7) is 6.46. The summed E-state index contributed by atoms with van der Waals surface area (Å²) >= 11 is 0. The van der Waals surface area contributed by atoms with Gasteiger partial charge in [0.05, 0.1) is 30.0 Å². The second-order valence-corrected chi connectivity index (χ2v) is 8.71. The van der Waals surface area contributed by atoms with Crippen molar-refractivity contribution in [2.24, 2.45) is 5.92 Å². The normalized spacial score (nSPS) is 16.5. The average Bonchev–Trinajstić information content (AvgIpc) is 3.38. The van der Waals surface area contributed by atoms with Gasteiger partial charge in [-0.1, -0.05) is 17.3 Å². The van der Waals surface area contributed by atoms with Crippen molar-refractivity contribution < 1.29 is 18.8 Å². The van der Waals surface area contributed by atoms with E-state index < -0.39 is 0 Å². The fraction of sp³-hybridized carbons (Fsp3) is 0.346. The number of aryl methyl sites for hydroxylation is 2. The molecule has 1 amide bonds. The SMILES string of the molecule is Cc1noc(C)c1COc1cccc(C(=O)N2CCOC[C@H](Cc3cccn4nccc34)C2)c1. The van der Waals surface area contributed by atoms with Crippen LogP contribution in [0.1, 0.15) is 32.9 Å². The van der Waals surface area contributed by atoms with Crippen LogP contribution in [0.2, 0.25) is 0 Å². The maximum absolute atomic E-state index is 13.4. The van der Waals surface area contributed by atoms with Crippen LogP contribution in [-0.2, 0) is 17.8 Å². The van der Waals surface area contributed by atoms with Crippen LogP contribution in [0.15, 0.2) is 59.4 Å². The minimum absolute atomic E-state index is 0.0131. The van der Waals surface area contributed by atoms with Gasteiger partial charge >= 0.3 is 0 Å². The number of carbonyl (C=O) groups excluding carboxylic acids is 1. The fourth-order valence-corrected chi connectivity index (χ4v) is 4.45. The molecule has 3 aromatic heterocycles. The summed E-state index contributed by atoms with van der Waals surface area (Å²) in [5.74, 6) is 1.57. The lowest BCUT2D eigenvalue weighted by atomic mass is 9.99. The molecule has 1 atom stereocenters. The van der Waals surface area contributed by atoms with Gasteiger partial charge in [-0.25, -0.2) is 4.52 Å². The van der Waals surface area contributed by atoms with Crippen molar-refractivity contribution in [2.45, 2.75) is 26.9 Å². The highest BCUT2D eigenvalue weighted by atomic mass is 16.5. The van der Waals surface area contributed by atoms with Crippen molar-refractivity contribution in [1.29, 1.82) is 0 Å². The van der Waals surface area contributed by atoms with E-state index in [0.717, 1.165) is 29.0 Å². The second kappa shape index (κ2) is 9.69. The van der Waals surface area contributed by atoms with Crippen LogP contribution in [-0.4, -0.2) is 51.9 Å². The third-order valence-electron chi connectivity index (χ3n) is 6.30. The monoisotopic (exact) mass is 460 g/mol. The Morgan fingerprint density at radius 2 is 2.12 bits per heavy atom. The number of nitrogens with zero attached hydrogens (tertiary/aromatic N) is 4. The third-order valence-corrected chi connectivity index (χ3v) is 6.30. The summed E-state index contributed by atoms with van der Waals surface area (Å²) < 4.78 is 18.9. The molecule has 0 unspecified atom stereocenters. The minimum atomic E-state index is -0.0131. The van der Waals surface area contributed by atoms with E-state index in [1.165, 1.54) is 5.56 Å². The lowest BCUT2D eigenvalue weighted by Gasteiger charge is -2.24. The molecule has 0 spiro atoms. The first-order valence-electron chi connectivity index (χ1n) is 11.5. The zero-order chi connectivity index (χ0) is 23.5. The summed E-state index contributed by atoms with van der Waals surface area (Å²) in [6.07, 6.45) is 4.57. The zero-order valence-corrected chi connectivity index (χ0v) is 19.4. The molecule has 8 heteroatoms. The maximum atomic E-state index is 13.4. The first-order chi connectivity index (χ1) is 16.6. The number of hydrogen-bond donors (Lipinski definition) is 0. The molecule has 4 aromatic rings. The second-order valence-electron chi connectivity index (χ2n) is 8.71. The number of rotatable bonds is 6. The number of pyridine rings is 1. The topological polar surface area (TPSA) is 82.1 Å². The van der Waals surface area contributed by atoms with E-state index in [4.69, 9.17) is 14.0 Å². The van der Waals surface area contributed by atoms with Gasteiger partial charge in [-0.2, -0.15) is 5.10 Å². The molecule has 1 aliphatic heterocycles. The van der Waals surface area contributed by atoms with Crippen LogP contribution >= 0.6 is 0 Å². The molecule has 0 aliphatic carbocycles. The van der Waals surface area contributed by atoms with Gasteiger partial charge in [0.25, 0.3) is 5.91 Å². The molecule has 1 fully saturated rings. The van der Waals surface area contributed by atoms with Gasteiger partial charge in [0.15, 0.2) is 0 Å². The number of fused-ring (bicyclic) bond motifs is 1. The van der Waals surface area contributed by atoms with Gasteiger partial charge in [-0.15, -0.1) is 0 Å². The average molecular weight is 461 g/mol. The lowest BCUT2D eigenvalue weighted by Crippen LogP contribution is -2.36. The number of hydrogen-bond acceptors (Lipinski definition) is 6. The Bertz CT molecular complexity index is 1280. The highest BCUT2D eigenvalue weighted by Gasteiger charge is 2.24. The van der Waals surface area contributed by atoms with Crippen LogP contribution in [0.5, 0.6) is 5.75 Å². The van der Waals surface area contributed by atoms with E-state index in [-0.39, 0.29) is 11.8 Å².